The van der Waals surface area contributed by atoms with Gasteiger partial charge >= 0.3 is 0 Å². The van der Waals surface area contributed by atoms with Crippen LogP contribution in [0, 0.1) is 0 Å². The summed E-state index contributed by atoms with van der Waals surface area (Å²) in [6.45, 7) is 0.851. The minimum atomic E-state index is -0.116. The number of hydrogen-bond donors (Lipinski definition) is 1. The smallest absolute Gasteiger partial charge is 0.251 e. The van der Waals surface area contributed by atoms with Crippen molar-refractivity contribution in [3.63, 3.8) is 0 Å². The summed E-state index contributed by atoms with van der Waals surface area (Å²) in [6, 6.07) is 14.6. The molecule has 1 N–H and O–H groups in total. The number of benzene rings is 2. The van der Waals surface area contributed by atoms with Crippen LogP contribution in [-0.2, 0) is 0 Å². The van der Waals surface area contributed by atoms with Gasteiger partial charge < -0.3 is 14.8 Å². The number of methoxy groups -OCH3 is 1. The van der Waals surface area contributed by atoms with E-state index in [0.717, 1.165) is 16.0 Å². The zero-order valence-electron chi connectivity index (χ0n) is 11.6. The fraction of sp³-hybridized carbons (Fsp3) is 0.188. The van der Waals surface area contributed by atoms with Crippen molar-refractivity contribution in [1.29, 1.82) is 0 Å². The van der Waals surface area contributed by atoms with Crippen molar-refractivity contribution in [2.24, 2.45) is 0 Å². The Hall–Kier alpha value is -2.01. The van der Waals surface area contributed by atoms with Gasteiger partial charge in [0.2, 0.25) is 0 Å². The number of rotatable bonds is 6. The third-order valence-electron chi connectivity index (χ3n) is 2.80. The molecular formula is C16H16BrNO3. The summed E-state index contributed by atoms with van der Waals surface area (Å²) in [4.78, 5) is 11.9. The van der Waals surface area contributed by atoms with E-state index in [4.69, 9.17) is 9.47 Å². The van der Waals surface area contributed by atoms with E-state index < -0.39 is 0 Å². The fourth-order valence-corrected chi connectivity index (χ4v) is 2.14. The van der Waals surface area contributed by atoms with Crippen LogP contribution in [0.3, 0.4) is 0 Å². The Morgan fingerprint density at radius 1 is 1.14 bits per heavy atom. The molecular weight excluding hydrogens is 334 g/mol. The number of hydrogen-bond acceptors (Lipinski definition) is 3. The second-order valence-electron chi connectivity index (χ2n) is 4.29. The molecule has 0 aliphatic rings. The van der Waals surface area contributed by atoms with Crippen molar-refractivity contribution in [2.45, 2.75) is 0 Å². The Balaban J connectivity index is 1.75. The Kier molecular flexibility index (Phi) is 5.63. The second-order valence-corrected chi connectivity index (χ2v) is 5.21. The topological polar surface area (TPSA) is 47.6 Å². The number of amides is 1. The molecule has 2 rings (SSSR count). The van der Waals surface area contributed by atoms with Gasteiger partial charge in [-0.2, -0.15) is 0 Å². The van der Waals surface area contributed by atoms with Gasteiger partial charge in [0.1, 0.15) is 18.1 Å². The van der Waals surface area contributed by atoms with Gasteiger partial charge in [0.15, 0.2) is 0 Å². The van der Waals surface area contributed by atoms with Crippen LogP contribution in [0.25, 0.3) is 0 Å². The highest BCUT2D eigenvalue weighted by Gasteiger charge is 2.04. The molecule has 2 aromatic rings. The van der Waals surface area contributed by atoms with Crippen LogP contribution >= 0.6 is 15.9 Å². The van der Waals surface area contributed by atoms with E-state index in [1.54, 1.807) is 19.2 Å². The van der Waals surface area contributed by atoms with Crippen molar-refractivity contribution >= 4 is 21.8 Å². The Morgan fingerprint density at radius 3 is 2.52 bits per heavy atom. The molecule has 0 spiro atoms. The predicted molar refractivity (Wildman–Crippen MR) is 85.0 cm³/mol. The summed E-state index contributed by atoms with van der Waals surface area (Å²) in [5.74, 6) is 1.41. The van der Waals surface area contributed by atoms with Gasteiger partial charge in [-0.15, -0.1) is 0 Å². The van der Waals surface area contributed by atoms with Crippen molar-refractivity contribution in [3.8, 4) is 11.5 Å². The van der Waals surface area contributed by atoms with E-state index in [9.17, 15) is 4.79 Å². The SMILES string of the molecule is COc1ccc(OCCNC(=O)c2cccc(Br)c2)cc1. The van der Waals surface area contributed by atoms with Gasteiger partial charge in [-0.3, -0.25) is 4.79 Å². The molecule has 110 valence electrons. The van der Waals surface area contributed by atoms with Crippen molar-refractivity contribution in [1.82, 2.24) is 5.32 Å². The van der Waals surface area contributed by atoms with E-state index >= 15 is 0 Å². The van der Waals surface area contributed by atoms with Crippen LogP contribution in [0.2, 0.25) is 0 Å². The fourth-order valence-electron chi connectivity index (χ4n) is 1.74. The van der Waals surface area contributed by atoms with Gasteiger partial charge in [0.05, 0.1) is 13.7 Å². The Bertz CT molecular complexity index is 599. The standard InChI is InChI=1S/C16H16BrNO3/c1-20-14-5-7-15(8-6-14)21-10-9-18-16(19)12-3-2-4-13(17)11-12/h2-8,11H,9-10H2,1H3,(H,18,19). The average molecular weight is 350 g/mol. The largest absolute Gasteiger partial charge is 0.497 e. The number of ether oxygens (including phenoxy) is 2. The van der Waals surface area contributed by atoms with Crippen molar-refractivity contribution in [2.75, 3.05) is 20.3 Å². The lowest BCUT2D eigenvalue weighted by molar-refractivity contribution is 0.0947. The number of carbonyl (C=O) groups excluding carboxylic acids is 1. The maximum absolute atomic E-state index is 11.9. The predicted octanol–water partition coefficient (Wildman–Crippen LogP) is 3.27. The molecule has 0 saturated carbocycles. The molecule has 0 aliphatic carbocycles. The summed E-state index contributed by atoms with van der Waals surface area (Å²) in [7, 11) is 1.62. The lowest BCUT2D eigenvalue weighted by Crippen LogP contribution is -2.28. The first-order chi connectivity index (χ1) is 10.2. The van der Waals surface area contributed by atoms with Crippen LogP contribution in [0.1, 0.15) is 10.4 Å². The molecule has 5 heteroatoms. The second kappa shape index (κ2) is 7.69. The molecule has 0 unspecified atom stereocenters. The summed E-state index contributed by atoms with van der Waals surface area (Å²) in [5.41, 5.74) is 0.619. The third-order valence-corrected chi connectivity index (χ3v) is 3.30. The first-order valence-electron chi connectivity index (χ1n) is 6.49. The number of halogens is 1. The van der Waals surface area contributed by atoms with Crippen molar-refractivity contribution in [3.05, 3.63) is 58.6 Å². The summed E-state index contributed by atoms with van der Waals surface area (Å²) in [6.07, 6.45) is 0. The molecule has 2 aromatic carbocycles. The number of nitrogens with one attached hydrogen (secondary N) is 1. The molecule has 0 bridgehead atoms. The minimum Gasteiger partial charge on any atom is -0.497 e. The van der Waals surface area contributed by atoms with Crippen LogP contribution < -0.4 is 14.8 Å². The lowest BCUT2D eigenvalue weighted by atomic mass is 10.2. The van der Waals surface area contributed by atoms with Crippen LogP contribution in [0.4, 0.5) is 0 Å². The van der Waals surface area contributed by atoms with E-state index in [0.29, 0.717) is 18.7 Å². The van der Waals surface area contributed by atoms with Gasteiger partial charge in [0.25, 0.3) is 5.91 Å². The van der Waals surface area contributed by atoms with E-state index in [-0.39, 0.29) is 5.91 Å². The van der Waals surface area contributed by atoms with E-state index in [1.165, 1.54) is 0 Å². The molecule has 0 fully saturated rings. The summed E-state index contributed by atoms with van der Waals surface area (Å²) in [5, 5.41) is 2.81. The first kappa shape index (κ1) is 15.4. The molecule has 0 saturated heterocycles. The average Bonchev–Trinajstić information content (AvgIpc) is 2.52. The zero-order chi connectivity index (χ0) is 15.1. The number of carbonyl (C=O) groups is 1. The Morgan fingerprint density at radius 2 is 1.86 bits per heavy atom. The van der Waals surface area contributed by atoms with Crippen molar-refractivity contribution < 1.29 is 14.3 Å². The van der Waals surface area contributed by atoms with Crippen LogP contribution in [-0.4, -0.2) is 26.2 Å². The molecule has 0 radical (unpaired) electrons. The van der Waals surface area contributed by atoms with Gasteiger partial charge in [-0.1, -0.05) is 22.0 Å². The normalized spacial score (nSPS) is 10.0. The van der Waals surface area contributed by atoms with Crippen LogP contribution in [0.5, 0.6) is 11.5 Å². The molecule has 21 heavy (non-hydrogen) atoms. The van der Waals surface area contributed by atoms with Crippen LogP contribution in [0.15, 0.2) is 53.0 Å². The van der Waals surface area contributed by atoms with E-state index in [1.807, 2.05) is 36.4 Å². The van der Waals surface area contributed by atoms with Gasteiger partial charge in [-0.25, -0.2) is 0 Å². The molecule has 0 heterocycles. The third kappa shape index (κ3) is 4.79. The molecule has 4 nitrogen and oxygen atoms in total. The summed E-state index contributed by atoms with van der Waals surface area (Å²) < 4.78 is 11.5. The molecule has 0 atom stereocenters. The van der Waals surface area contributed by atoms with E-state index in [2.05, 4.69) is 21.2 Å². The van der Waals surface area contributed by atoms with Gasteiger partial charge in [0, 0.05) is 10.0 Å². The maximum Gasteiger partial charge on any atom is 0.251 e. The summed E-state index contributed by atoms with van der Waals surface area (Å²) >= 11 is 3.34. The highest BCUT2D eigenvalue weighted by atomic mass is 79.9. The molecule has 1 amide bonds. The molecule has 0 aliphatic heterocycles. The highest BCUT2D eigenvalue weighted by Crippen LogP contribution is 2.16. The quantitative estimate of drug-likeness (QED) is 0.814. The lowest BCUT2D eigenvalue weighted by Gasteiger charge is -2.08. The van der Waals surface area contributed by atoms with Gasteiger partial charge in [-0.05, 0) is 42.5 Å². The first-order valence-corrected chi connectivity index (χ1v) is 7.29. The highest BCUT2D eigenvalue weighted by molar-refractivity contribution is 9.10. The molecule has 0 aromatic heterocycles. The maximum atomic E-state index is 11.9. The monoisotopic (exact) mass is 349 g/mol. The zero-order valence-corrected chi connectivity index (χ0v) is 13.2. The minimum absolute atomic E-state index is 0.116. The Labute approximate surface area is 132 Å².